The van der Waals surface area contributed by atoms with Crippen molar-refractivity contribution < 1.29 is 4.74 Å². The Labute approximate surface area is 127 Å². The van der Waals surface area contributed by atoms with E-state index in [1.165, 1.54) is 0 Å². The van der Waals surface area contributed by atoms with E-state index in [-0.39, 0.29) is 0 Å². The van der Waals surface area contributed by atoms with Crippen LogP contribution in [0.5, 0.6) is 5.75 Å². The molecule has 0 bridgehead atoms. The van der Waals surface area contributed by atoms with Crippen molar-refractivity contribution in [3.63, 3.8) is 0 Å². The monoisotopic (exact) mass is 309 g/mol. The van der Waals surface area contributed by atoms with Gasteiger partial charge in [-0.15, -0.1) is 16.8 Å². The second-order valence-electron chi connectivity index (χ2n) is 3.97. The number of ether oxygens (including phenoxy) is 1. The summed E-state index contributed by atoms with van der Waals surface area (Å²) in [6.07, 6.45) is 1.83. The highest BCUT2D eigenvalue weighted by molar-refractivity contribution is 7.99. The van der Waals surface area contributed by atoms with Crippen molar-refractivity contribution in [3.8, 4) is 5.75 Å². The fraction of sp³-hybridized carbons (Fsp3) is 0.286. The zero-order valence-corrected chi connectivity index (χ0v) is 12.8. The Hall–Kier alpha value is -1.46. The molecule has 2 rings (SSSR count). The van der Waals surface area contributed by atoms with Crippen molar-refractivity contribution in [2.75, 3.05) is 5.75 Å². The maximum absolute atomic E-state index is 5.84. The van der Waals surface area contributed by atoms with E-state index in [9.17, 15) is 0 Å². The van der Waals surface area contributed by atoms with Crippen molar-refractivity contribution in [1.82, 2.24) is 14.8 Å². The molecule has 0 unspecified atom stereocenters. The number of thioether (sulfide) groups is 1. The predicted octanol–water partition coefficient (Wildman–Crippen LogP) is 3.81. The van der Waals surface area contributed by atoms with Crippen LogP contribution in [0.4, 0.5) is 0 Å². The summed E-state index contributed by atoms with van der Waals surface area (Å²) in [5.41, 5.74) is 0. The number of halogens is 1. The minimum Gasteiger partial charge on any atom is -0.486 e. The first-order valence-electron chi connectivity index (χ1n) is 6.28. The second-order valence-corrected chi connectivity index (χ2v) is 5.64. The fourth-order valence-corrected chi connectivity index (χ4v) is 2.47. The van der Waals surface area contributed by atoms with Crippen LogP contribution in [0.3, 0.4) is 0 Å². The van der Waals surface area contributed by atoms with E-state index < -0.39 is 0 Å². The molecular weight excluding hydrogens is 294 g/mol. The Balaban J connectivity index is 2.08. The maximum atomic E-state index is 5.84. The quantitative estimate of drug-likeness (QED) is 0.576. The average molecular weight is 310 g/mol. The zero-order chi connectivity index (χ0) is 14.4. The Morgan fingerprint density at radius 3 is 2.75 bits per heavy atom. The Bertz CT molecular complexity index is 568. The van der Waals surface area contributed by atoms with Gasteiger partial charge in [0.05, 0.1) is 0 Å². The van der Waals surface area contributed by atoms with E-state index in [0.29, 0.717) is 18.2 Å². The standard InChI is InChI=1S/C14H16ClN3OS/c1-3-9-18-13(16-17-14(18)20-4-2)10-19-12-7-5-11(15)6-8-12/h3,5-8H,1,4,9-10H2,2H3. The molecule has 0 saturated heterocycles. The van der Waals surface area contributed by atoms with Gasteiger partial charge in [-0.2, -0.15) is 0 Å². The van der Waals surface area contributed by atoms with Crippen LogP contribution in [0.1, 0.15) is 12.7 Å². The van der Waals surface area contributed by atoms with E-state index in [2.05, 4.69) is 23.7 Å². The third-order valence-electron chi connectivity index (χ3n) is 2.56. The molecule has 0 aliphatic rings. The molecule has 0 amide bonds. The van der Waals surface area contributed by atoms with Gasteiger partial charge in [-0.05, 0) is 30.0 Å². The van der Waals surface area contributed by atoms with Gasteiger partial charge in [0, 0.05) is 11.6 Å². The van der Waals surface area contributed by atoms with Gasteiger partial charge in [0.1, 0.15) is 12.4 Å². The number of rotatable bonds is 7. The molecule has 106 valence electrons. The number of aromatic nitrogens is 3. The van der Waals surface area contributed by atoms with Crippen LogP contribution in [-0.4, -0.2) is 20.5 Å². The lowest BCUT2D eigenvalue weighted by Gasteiger charge is -2.08. The highest BCUT2D eigenvalue weighted by atomic mass is 35.5. The molecule has 4 nitrogen and oxygen atoms in total. The molecule has 6 heteroatoms. The van der Waals surface area contributed by atoms with Crippen molar-refractivity contribution >= 4 is 23.4 Å². The zero-order valence-electron chi connectivity index (χ0n) is 11.3. The second kappa shape index (κ2) is 7.36. The lowest BCUT2D eigenvalue weighted by molar-refractivity contribution is 0.289. The van der Waals surface area contributed by atoms with Gasteiger partial charge in [0.2, 0.25) is 0 Å². The first kappa shape index (κ1) is 14.9. The molecule has 0 radical (unpaired) electrons. The van der Waals surface area contributed by atoms with Gasteiger partial charge in [-0.3, -0.25) is 4.57 Å². The van der Waals surface area contributed by atoms with Gasteiger partial charge < -0.3 is 4.74 Å². The normalized spacial score (nSPS) is 10.5. The number of hydrogen-bond donors (Lipinski definition) is 0. The van der Waals surface area contributed by atoms with Crippen molar-refractivity contribution in [2.45, 2.75) is 25.2 Å². The average Bonchev–Trinajstić information content (AvgIpc) is 2.82. The number of allylic oxidation sites excluding steroid dienone is 1. The molecule has 0 aliphatic carbocycles. The van der Waals surface area contributed by atoms with Crippen LogP contribution >= 0.6 is 23.4 Å². The fourth-order valence-electron chi connectivity index (χ4n) is 1.65. The highest BCUT2D eigenvalue weighted by Gasteiger charge is 2.11. The van der Waals surface area contributed by atoms with E-state index in [1.54, 1.807) is 23.9 Å². The van der Waals surface area contributed by atoms with Crippen LogP contribution in [0.2, 0.25) is 5.02 Å². The van der Waals surface area contributed by atoms with Crippen molar-refractivity contribution in [3.05, 3.63) is 47.8 Å². The van der Waals surface area contributed by atoms with Gasteiger partial charge in [-0.1, -0.05) is 36.4 Å². The van der Waals surface area contributed by atoms with Gasteiger partial charge in [0.15, 0.2) is 11.0 Å². The first-order valence-corrected chi connectivity index (χ1v) is 7.65. The SMILES string of the molecule is C=CCn1c(COc2ccc(Cl)cc2)nnc1SCC. The van der Waals surface area contributed by atoms with E-state index in [1.807, 2.05) is 22.8 Å². The van der Waals surface area contributed by atoms with Crippen molar-refractivity contribution in [1.29, 1.82) is 0 Å². The number of nitrogens with zero attached hydrogens (tertiary/aromatic N) is 3. The van der Waals surface area contributed by atoms with Gasteiger partial charge in [0.25, 0.3) is 0 Å². The van der Waals surface area contributed by atoms with Crippen molar-refractivity contribution in [2.24, 2.45) is 0 Å². The summed E-state index contributed by atoms with van der Waals surface area (Å²) in [5, 5.41) is 9.94. The minimum absolute atomic E-state index is 0.368. The summed E-state index contributed by atoms with van der Waals surface area (Å²) in [5.74, 6) is 2.50. The van der Waals surface area contributed by atoms with Gasteiger partial charge >= 0.3 is 0 Å². The molecule has 0 saturated carbocycles. The summed E-state index contributed by atoms with van der Waals surface area (Å²) in [7, 11) is 0. The minimum atomic E-state index is 0.368. The topological polar surface area (TPSA) is 39.9 Å². The number of hydrogen-bond acceptors (Lipinski definition) is 4. The summed E-state index contributed by atoms with van der Waals surface area (Å²) in [6, 6.07) is 7.25. The van der Waals surface area contributed by atoms with Crippen LogP contribution in [-0.2, 0) is 13.2 Å². The third-order valence-corrected chi connectivity index (χ3v) is 3.66. The largest absolute Gasteiger partial charge is 0.486 e. The Morgan fingerprint density at radius 2 is 2.10 bits per heavy atom. The molecular formula is C14H16ClN3OS. The first-order chi connectivity index (χ1) is 9.74. The number of benzene rings is 1. The van der Waals surface area contributed by atoms with Gasteiger partial charge in [-0.25, -0.2) is 0 Å². The smallest absolute Gasteiger partial charge is 0.191 e. The molecule has 1 heterocycles. The van der Waals surface area contributed by atoms with Crippen LogP contribution in [0.15, 0.2) is 42.1 Å². The molecule has 1 aromatic heterocycles. The Kier molecular flexibility index (Phi) is 5.49. The predicted molar refractivity (Wildman–Crippen MR) is 82.4 cm³/mol. The van der Waals surface area contributed by atoms with E-state index >= 15 is 0 Å². The summed E-state index contributed by atoms with van der Waals surface area (Å²) >= 11 is 7.49. The molecule has 0 N–H and O–H groups in total. The summed E-state index contributed by atoms with van der Waals surface area (Å²) in [4.78, 5) is 0. The molecule has 1 aromatic carbocycles. The maximum Gasteiger partial charge on any atom is 0.191 e. The lowest BCUT2D eigenvalue weighted by Crippen LogP contribution is -2.07. The highest BCUT2D eigenvalue weighted by Crippen LogP contribution is 2.19. The van der Waals surface area contributed by atoms with E-state index in [4.69, 9.17) is 16.3 Å². The Morgan fingerprint density at radius 1 is 1.35 bits per heavy atom. The molecule has 20 heavy (non-hydrogen) atoms. The van der Waals surface area contributed by atoms with Crippen LogP contribution in [0.25, 0.3) is 0 Å². The lowest BCUT2D eigenvalue weighted by atomic mass is 10.3. The third kappa shape index (κ3) is 3.77. The van der Waals surface area contributed by atoms with E-state index in [0.717, 1.165) is 22.5 Å². The molecule has 0 atom stereocenters. The summed E-state index contributed by atoms with van der Waals surface area (Å²) in [6.45, 7) is 6.89. The molecule has 0 fully saturated rings. The molecule has 2 aromatic rings. The van der Waals surface area contributed by atoms with Crippen LogP contribution < -0.4 is 4.74 Å². The molecule has 0 aliphatic heterocycles. The van der Waals surface area contributed by atoms with Crippen LogP contribution in [0, 0.1) is 0 Å². The molecule has 0 spiro atoms. The summed E-state index contributed by atoms with van der Waals surface area (Å²) < 4.78 is 7.71.